The number of rotatable bonds is 3. The summed E-state index contributed by atoms with van der Waals surface area (Å²) >= 11 is 0. The lowest BCUT2D eigenvalue weighted by Crippen LogP contribution is -2.23. The van der Waals surface area contributed by atoms with Crippen molar-refractivity contribution in [2.45, 2.75) is 13.5 Å². The van der Waals surface area contributed by atoms with E-state index in [1.165, 1.54) is 0 Å². The smallest absolute Gasteiger partial charge is 0.263 e. The average molecular weight is 315 g/mol. The van der Waals surface area contributed by atoms with Gasteiger partial charge in [-0.3, -0.25) is 9.36 Å². The fraction of sp³-hybridized carbons (Fsp3) is 0.100. The molecule has 4 rings (SSSR count). The minimum Gasteiger partial charge on any atom is -0.343 e. The van der Waals surface area contributed by atoms with Gasteiger partial charge in [-0.2, -0.15) is 0 Å². The van der Waals surface area contributed by atoms with Crippen molar-refractivity contribution in [2.75, 3.05) is 0 Å². The first-order valence-corrected chi connectivity index (χ1v) is 7.92. The van der Waals surface area contributed by atoms with Gasteiger partial charge in [0.05, 0.1) is 11.9 Å². The third-order valence-corrected chi connectivity index (χ3v) is 4.10. The molecule has 0 aliphatic heterocycles. The Morgan fingerprint density at radius 2 is 1.67 bits per heavy atom. The summed E-state index contributed by atoms with van der Waals surface area (Å²) in [6.45, 7) is 2.43. The maximum Gasteiger partial charge on any atom is 0.263 e. The molecule has 0 radical (unpaired) electrons. The summed E-state index contributed by atoms with van der Waals surface area (Å²) in [5.74, 6) is 0.679. The molecule has 0 saturated heterocycles. The number of aromatic amines is 1. The van der Waals surface area contributed by atoms with Crippen LogP contribution in [0.2, 0.25) is 0 Å². The Kier molecular flexibility index (Phi) is 3.50. The molecule has 0 spiro atoms. The molecule has 0 saturated carbocycles. The predicted octanol–water partition coefficient (Wildman–Crippen LogP) is 3.75. The number of hydrogen-bond donors (Lipinski definition) is 1. The highest BCUT2D eigenvalue weighted by atomic mass is 16.1. The van der Waals surface area contributed by atoms with Crippen molar-refractivity contribution in [3.8, 4) is 11.4 Å². The van der Waals surface area contributed by atoms with Gasteiger partial charge in [-0.05, 0) is 18.6 Å². The van der Waals surface area contributed by atoms with E-state index in [4.69, 9.17) is 4.98 Å². The Bertz CT molecular complexity index is 1050. The zero-order valence-electron chi connectivity index (χ0n) is 13.4. The van der Waals surface area contributed by atoms with Crippen LogP contribution in [-0.2, 0) is 6.54 Å². The van der Waals surface area contributed by atoms with E-state index in [0.29, 0.717) is 23.4 Å². The van der Waals surface area contributed by atoms with Crippen LogP contribution in [0.3, 0.4) is 0 Å². The molecule has 0 aliphatic carbocycles. The molecule has 2 aromatic heterocycles. The largest absolute Gasteiger partial charge is 0.343 e. The molecule has 4 aromatic rings. The lowest BCUT2D eigenvalue weighted by molar-refractivity contribution is 0.759. The van der Waals surface area contributed by atoms with Gasteiger partial charge in [0, 0.05) is 11.3 Å². The van der Waals surface area contributed by atoms with Crippen LogP contribution in [0.1, 0.15) is 11.3 Å². The summed E-state index contributed by atoms with van der Waals surface area (Å²) in [6.07, 6.45) is 0. The number of aromatic nitrogens is 3. The zero-order chi connectivity index (χ0) is 16.5. The standard InChI is InChI=1S/C20H17N3O/c1-14-12-17-18(21-14)22-19(16-10-6-3-7-11-16)23(20(17)24)13-15-8-4-2-5-9-15/h2-12,21H,13H2,1H3. The second kappa shape index (κ2) is 5.81. The fourth-order valence-corrected chi connectivity index (χ4v) is 2.95. The topological polar surface area (TPSA) is 50.7 Å². The lowest BCUT2D eigenvalue weighted by atomic mass is 10.1. The minimum absolute atomic E-state index is 0.0212. The quantitative estimate of drug-likeness (QED) is 0.626. The normalized spacial score (nSPS) is 11.0. The summed E-state index contributed by atoms with van der Waals surface area (Å²) in [6, 6.07) is 21.7. The number of H-pyrrole nitrogens is 1. The zero-order valence-corrected chi connectivity index (χ0v) is 13.4. The molecule has 4 nitrogen and oxygen atoms in total. The van der Waals surface area contributed by atoms with Crippen LogP contribution >= 0.6 is 0 Å². The average Bonchev–Trinajstić information content (AvgIpc) is 3.00. The summed E-state index contributed by atoms with van der Waals surface area (Å²) in [5.41, 5.74) is 3.56. The van der Waals surface area contributed by atoms with Gasteiger partial charge in [0.15, 0.2) is 0 Å². The first kappa shape index (κ1) is 14.5. The van der Waals surface area contributed by atoms with Crippen molar-refractivity contribution in [1.82, 2.24) is 14.5 Å². The first-order chi connectivity index (χ1) is 11.7. The van der Waals surface area contributed by atoms with Gasteiger partial charge >= 0.3 is 0 Å². The number of nitrogens with one attached hydrogen (secondary N) is 1. The fourth-order valence-electron chi connectivity index (χ4n) is 2.95. The predicted molar refractivity (Wildman–Crippen MR) is 96.1 cm³/mol. The monoisotopic (exact) mass is 315 g/mol. The molecule has 24 heavy (non-hydrogen) atoms. The molecule has 1 N–H and O–H groups in total. The molecule has 0 unspecified atom stereocenters. The molecule has 0 fully saturated rings. The molecule has 2 aromatic carbocycles. The molecule has 0 aliphatic rings. The Labute approximate surface area is 139 Å². The van der Waals surface area contributed by atoms with Crippen LogP contribution in [0.4, 0.5) is 0 Å². The Morgan fingerprint density at radius 1 is 1.00 bits per heavy atom. The number of nitrogens with zero attached hydrogens (tertiary/aromatic N) is 2. The minimum atomic E-state index is -0.0212. The van der Waals surface area contributed by atoms with Crippen LogP contribution in [-0.4, -0.2) is 14.5 Å². The Morgan fingerprint density at radius 3 is 2.38 bits per heavy atom. The maximum atomic E-state index is 13.0. The summed E-state index contributed by atoms with van der Waals surface area (Å²) in [5, 5.41) is 0.628. The number of benzene rings is 2. The van der Waals surface area contributed by atoms with Crippen LogP contribution in [0.25, 0.3) is 22.4 Å². The lowest BCUT2D eigenvalue weighted by Gasteiger charge is -2.12. The van der Waals surface area contributed by atoms with Crippen molar-refractivity contribution >= 4 is 11.0 Å². The van der Waals surface area contributed by atoms with Crippen molar-refractivity contribution in [2.24, 2.45) is 0 Å². The highest BCUT2D eigenvalue weighted by Crippen LogP contribution is 2.20. The third-order valence-electron chi connectivity index (χ3n) is 4.10. The number of aryl methyl sites for hydroxylation is 1. The molecule has 0 bridgehead atoms. The Balaban J connectivity index is 1.98. The van der Waals surface area contributed by atoms with Crippen molar-refractivity contribution in [1.29, 1.82) is 0 Å². The van der Waals surface area contributed by atoms with E-state index < -0.39 is 0 Å². The molecule has 0 atom stereocenters. The van der Waals surface area contributed by atoms with Gasteiger partial charge in [0.25, 0.3) is 5.56 Å². The van der Waals surface area contributed by atoms with E-state index in [-0.39, 0.29) is 5.56 Å². The number of fused-ring (bicyclic) bond motifs is 1. The van der Waals surface area contributed by atoms with Crippen molar-refractivity contribution in [3.63, 3.8) is 0 Å². The highest BCUT2D eigenvalue weighted by molar-refractivity contribution is 5.78. The van der Waals surface area contributed by atoms with E-state index in [1.807, 2.05) is 73.7 Å². The van der Waals surface area contributed by atoms with E-state index >= 15 is 0 Å². The second-order valence-electron chi connectivity index (χ2n) is 5.89. The van der Waals surface area contributed by atoms with E-state index in [2.05, 4.69) is 4.98 Å². The van der Waals surface area contributed by atoms with Gasteiger partial charge in [-0.1, -0.05) is 60.7 Å². The van der Waals surface area contributed by atoms with Gasteiger partial charge in [-0.15, -0.1) is 0 Å². The molecule has 118 valence electrons. The molecular formula is C20H17N3O. The van der Waals surface area contributed by atoms with Crippen molar-refractivity contribution < 1.29 is 0 Å². The van der Waals surface area contributed by atoms with Gasteiger partial charge < -0.3 is 4.98 Å². The molecular weight excluding hydrogens is 298 g/mol. The summed E-state index contributed by atoms with van der Waals surface area (Å²) < 4.78 is 1.75. The first-order valence-electron chi connectivity index (χ1n) is 7.92. The SMILES string of the molecule is Cc1cc2c(=O)n(Cc3ccccc3)c(-c3ccccc3)nc2[nH]1. The van der Waals surface area contributed by atoms with Crippen molar-refractivity contribution in [3.05, 3.63) is 88.3 Å². The maximum absolute atomic E-state index is 13.0. The van der Waals surface area contributed by atoms with Crippen LogP contribution in [0.5, 0.6) is 0 Å². The number of hydrogen-bond acceptors (Lipinski definition) is 2. The summed E-state index contributed by atoms with van der Waals surface area (Å²) in [4.78, 5) is 20.9. The van der Waals surface area contributed by atoms with Crippen LogP contribution in [0.15, 0.2) is 71.5 Å². The molecule has 4 heteroatoms. The summed E-state index contributed by atoms with van der Waals surface area (Å²) in [7, 11) is 0. The van der Waals surface area contributed by atoms with Gasteiger partial charge in [-0.25, -0.2) is 4.98 Å². The highest BCUT2D eigenvalue weighted by Gasteiger charge is 2.14. The van der Waals surface area contributed by atoms with Crippen LogP contribution < -0.4 is 5.56 Å². The second-order valence-corrected chi connectivity index (χ2v) is 5.89. The molecule has 2 heterocycles. The van der Waals surface area contributed by atoms with E-state index in [0.717, 1.165) is 16.8 Å². The van der Waals surface area contributed by atoms with Crippen LogP contribution in [0, 0.1) is 6.92 Å². The van der Waals surface area contributed by atoms with Gasteiger partial charge in [0.1, 0.15) is 11.5 Å². The van der Waals surface area contributed by atoms with Gasteiger partial charge in [0.2, 0.25) is 0 Å². The van der Waals surface area contributed by atoms with E-state index in [9.17, 15) is 4.79 Å². The Hall–Kier alpha value is -3.14. The molecule has 0 amide bonds. The van der Waals surface area contributed by atoms with E-state index in [1.54, 1.807) is 4.57 Å². The third kappa shape index (κ3) is 2.52.